The van der Waals surface area contributed by atoms with Gasteiger partial charge in [0.1, 0.15) is 5.82 Å². The van der Waals surface area contributed by atoms with Gasteiger partial charge < -0.3 is 15.5 Å². The average molecular weight is 409 g/mol. The molecule has 1 fully saturated rings. The second-order valence-electron chi connectivity index (χ2n) is 7.26. The monoisotopic (exact) mass is 408 g/mol. The van der Waals surface area contributed by atoms with Gasteiger partial charge in [0, 0.05) is 17.8 Å². The van der Waals surface area contributed by atoms with E-state index in [1.165, 1.54) is 11.3 Å². The Kier molecular flexibility index (Phi) is 6.04. The Bertz CT molecular complexity index is 1020. The standard InChI is InChI=1S/C22H24N4O2S/c1-5-19-24-16(11-20(27)26(19)4)18-10-17(25-22(28)13(2)3)21(29-18)15-8-6-7-14(9-15)12-23/h5-10,13,16,24H,11H2,1-4H3,(H,25,28)/b19-5-. The largest absolute Gasteiger partial charge is 0.364 e. The Balaban J connectivity index is 2.03. The Hall–Kier alpha value is -3.11. The van der Waals surface area contributed by atoms with Gasteiger partial charge in [-0.15, -0.1) is 11.3 Å². The van der Waals surface area contributed by atoms with E-state index in [9.17, 15) is 14.9 Å². The number of anilines is 1. The third kappa shape index (κ3) is 4.33. The number of nitrogens with zero attached hydrogens (tertiary/aromatic N) is 2. The summed E-state index contributed by atoms with van der Waals surface area (Å²) in [6.45, 7) is 5.57. The second-order valence-corrected chi connectivity index (χ2v) is 8.34. The molecule has 3 rings (SSSR count). The van der Waals surface area contributed by atoms with Crippen molar-refractivity contribution < 1.29 is 9.59 Å². The Morgan fingerprint density at radius 3 is 2.83 bits per heavy atom. The van der Waals surface area contributed by atoms with Gasteiger partial charge in [-0.3, -0.25) is 9.59 Å². The van der Waals surface area contributed by atoms with Crippen LogP contribution in [0, 0.1) is 17.2 Å². The predicted octanol–water partition coefficient (Wildman–Crippen LogP) is 4.24. The molecule has 1 atom stereocenters. The fourth-order valence-electron chi connectivity index (χ4n) is 3.12. The topological polar surface area (TPSA) is 85.2 Å². The average Bonchev–Trinajstić information content (AvgIpc) is 3.13. The third-order valence-corrected chi connectivity index (χ3v) is 6.14. The Morgan fingerprint density at radius 2 is 2.17 bits per heavy atom. The lowest BCUT2D eigenvalue weighted by Crippen LogP contribution is -2.42. The first-order valence-corrected chi connectivity index (χ1v) is 10.3. The molecule has 1 aliphatic rings. The highest BCUT2D eigenvalue weighted by Crippen LogP contribution is 2.41. The number of allylic oxidation sites excluding steroid dienone is 1. The van der Waals surface area contributed by atoms with Crippen molar-refractivity contribution >= 4 is 28.8 Å². The van der Waals surface area contributed by atoms with Crippen LogP contribution in [-0.4, -0.2) is 23.8 Å². The van der Waals surface area contributed by atoms with Crippen LogP contribution in [0.4, 0.5) is 5.69 Å². The highest BCUT2D eigenvalue weighted by atomic mass is 32.1. The molecule has 0 spiro atoms. The highest BCUT2D eigenvalue weighted by Gasteiger charge is 2.29. The van der Waals surface area contributed by atoms with Crippen molar-refractivity contribution in [2.24, 2.45) is 5.92 Å². The van der Waals surface area contributed by atoms with Crippen LogP contribution in [0.1, 0.15) is 43.7 Å². The molecule has 0 bridgehead atoms. The van der Waals surface area contributed by atoms with Gasteiger partial charge in [-0.1, -0.05) is 26.0 Å². The zero-order chi connectivity index (χ0) is 21.1. The van der Waals surface area contributed by atoms with Gasteiger partial charge in [-0.25, -0.2) is 0 Å². The van der Waals surface area contributed by atoms with Crippen molar-refractivity contribution in [3.05, 3.63) is 52.7 Å². The fourth-order valence-corrected chi connectivity index (χ4v) is 4.28. The van der Waals surface area contributed by atoms with Crippen molar-refractivity contribution in [3.63, 3.8) is 0 Å². The van der Waals surface area contributed by atoms with E-state index < -0.39 is 0 Å². The van der Waals surface area contributed by atoms with Gasteiger partial charge in [0.2, 0.25) is 11.8 Å². The molecule has 0 radical (unpaired) electrons. The SMILES string of the molecule is C/C=C1/NC(c2cc(NC(=O)C(C)C)c(-c3cccc(C#N)c3)s2)CC(=O)N1C. The molecular formula is C22H24N4O2S. The molecule has 150 valence electrons. The summed E-state index contributed by atoms with van der Waals surface area (Å²) in [5.74, 6) is 0.569. The van der Waals surface area contributed by atoms with E-state index in [1.54, 1.807) is 18.0 Å². The zero-order valence-electron chi connectivity index (χ0n) is 16.9. The molecule has 7 heteroatoms. The first-order valence-electron chi connectivity index (χ1n) is 9.48. The molecule has 2 N–H and O–H groups in total. The molecule has 2 aromatic rings. The van der Waals surface area contributed by atoms with Crippen LogP contribution >= 0.6 is 11.3 Å². The predicted molar refractivity (Wildman–Crippen MR) is 115 cm³/mol. The molecule has 6 nitrogen and oxygen atoms in total. The zero-order valence-corrected chi connectivity index (χ0v) is 17.8. The molecule has 29 heavy (non-hydrogen) atoms. The summed E-state index contributed by atoms with van der Waals surface area (Å²) in [6.07, 6.45) is 2.21. The number of rotatable bonds is 4. The van der Waals surface area contributed by atoms with Gasteiger partial charge in [-0.2, -0.15) is 5.26 Å². The minimum Gasteiger partial charge on any atom is -0.364 e. The number of thiophene rings is 1. The number of nitrogens with one attached hydrogen (secondary N) is 2. The maximum atomic E-state index is 12.4. The maximum Gasteiger partial charge on any atom is 0.230 e. The number of nitriles is 1. The van der Waals surface area contributed by atoms with E-state index in [0.29, 0.717) is 17.7 Å². The van der Waals surface area contributed by atoms with Crippen molar-refractivity contribution in [1.29, 1.82) is 5.26 Å². The molecule has 1 aliphatic heterocycles. The smallest absolute Gasteiger partial charge is 0.230 e. The van der Waals surface area contributed by atoms with Crippen LogP contribution in [0.2, 0.25) is 0 Å². The first-order chi connectivity index (χ1) is 13.8. The van der Waals surface area contributed by atoms with Gasteiger partial charge in [0.05, 0.1) is 34.7 Å². The van der Waals surface area contributed by atoms with Gasteiger partial charge in [0.25, 0.3) is 0 Å². The van der Waals surface area contributed by atoms with E-state index in [4.69, 9.17) is 0 Å². The quantitative estimate of drug-likeness (QED) is 0.793. The molecule has 1 aromatic carbocycles. The van der Waals surface area contributed by atoms with E-state index in [0.717, 1.165) is 21.1 Å². The van der Waals surface area contributed by atoms with E-state index >= 15 is 0 Å². The lowest BCUT2D eigenvalue weighted by molar-refractivity contribution is -0.130. The lowest BCUT2D eigenvalue weighted by atomic mass is 10.1. The van der Waals surface area contributed by atoms with Crippen LogP contribution in [0.5, 0.6) is 0 Å². The number of amides is 2. The van der Waals surface area contributed by atoms with Gasteiger partial charge in [-0.05, 0) is 36.8 Å². The van der Waals surface area contributed by atoms with Gasteiger partial charge >= 0.3 is 0 Å². The summed E-state index contributed by atoms with van der Waals surface area (Å²) < 4.78 is 0. The third-order valence-electron chi connectivity index (χ3n) is 4.84. The summed E-state index contributed by atoms with van der Waals surface area (Å²) in [5.41, 5.74) is 2.13. The number of hydrogen-bond acceptors (Lipinski definition) is 5. The minimum atomic E-state index is -0.169. The molecule has 1 unspecified atom stereocenters. The molecule has 2 heterocycles. The Morgan fingerprint density at radius 1 is 1.41 bits per heavy atom. The molecular weight excluding hydrogens is 384 g/mol. The van der Waals surface area contributed by atoms with Crippen molar-refractivity contribution in [2.45, 2.75) is 33.2 Å². The normalized spacial score (nSPS) is 17.9. The summed E-state index contributed by atoms with van der Waals surface area (Å²) >= 11 is 1.52. The van der Waals surface area contributed by atoms with Crippen LogP contribution in [0.3, 0.4) is 0 Å². The van der Waals surface area contributed by atoms with Gasteiger partial charge in [0.15, 0.2) is 0 Å². The maximum absolute atomic E-state index is 12.4. The summed E-state index contributed by atoms with van der Waals surface area (Å²) in [4.78, 5) is 28.2. The number of carbonyl (C=O) groups is 2. The van der Waals surface area contributed by atoms with Crippen LogP contribution in [0.15, 0.2) is 42.2 Å². The summed E-state index contributed by atoms with van der Waals surface area (Å²) in [7, 11) is 1.75. The van der Waals surface area contributed by atoms with Crippen LogP contribution in [-0.2, 0) is 9.59 Å². The summed E-state index contributed by atoms with van der Waals surface area (Å²) in [5, 5.41) is 15.6. The molecule has 1 saturated heterocycles. The molecule has 2 amide bonds. The van der Waals surface area contributed by atoms with Crippen LogP contribution in [0.25, 0.3) is 10.4 Å². The molecule has 0 aliphatic carbocycles. The van der Waals surface area contributed by atoms with E-state index in [-0.39, 0.29) is 23.8 Å². The number of carbonyl (C=O) groups excluding carboxylic acids is 2. The molecule has 1 aromatic heterocycles. The number of hydrogen-bond donors (Lipinski definition) is 2. The number of benzene rings is 1. The highest BCUT2D eigenvalue weighted by molar-refractivity contribution is 7.16. The minimum absolute atomic E-state index is 0.0380. The Labute approximate surface area is 174 Å². The van der Waals surface area contributed by atoms with Crippen molar-refractivity contribution in [2.75, 3.05) is 12.4 Å². The fraction of sp³-hybridized carbons (Fsp3) is 0.318. The summed E-state index contributed by atoms with van der Waals surface area (Å²) in [6, 6.07) is 11.2. The molecule has 0 saturated carbocycles. The first kappa shape index (κ1) is 20.6. The lowest BCUT2D eigenvalue weighted by Gasteiger charge is -2.32. The second kappa shape index (κ2) is 8.50. The van der Waals surface area contributed by atoms with Crippen molar-refractivity contribution in [3.8, 4) is 16.5 Å². The van der Waals surface area contributed by atoms with Crippen molar-refractivity contribution in [1.82, 2.24) is 10.2 Å². The van der Waals surface area contributed by atoms with E-state index in [1.807, 2.05) is 51.1 Å². The van der Waals surface area contributed by atoms with E-state index in [2.05, 4.69) is 16.7 Å². The van der Waals surface area contributed by atoms with Crippen LogP contribution < -0.4 is 10.6 Å².